The Hall–Kier alpha value is -2.81. The Bertz CT molecular complexity index is 741. The van der Waals surface area contributed by atoms with Crippen LogP contribution in [0.2, 0.25) is 0 Å². The van der Waals surface area contributed by atoms with Gasteiger partial charge in [0.1, 0.15) is 18.2 Å². The molecule has 0 radical (unpaired) electrons. The highest BCUT2D eigenvalue weighted by Gasteiger charge is 1.99. The second kappa shape index (κ2) is 7.45. The number of anilines is 1. The molecule has 3 rings (SSSR count). The summed E-state index contributed by atoms with van der Waals surface area (Å²) in [6.45, 7) is 1.19. The van der Waals surface area contributed by atoms with Crippen LogP contribution in [-0.4, -0.2) is 0 Å². The number of hydrogen-bond donors (Lipinski definition) is 1. The van der Waals surface area contributed by atoms with Crippen molar-refractivity contribution in [2.45, 2.75) is 13.2 Å². The molecule has 1 N–H and O–H groups in total. The fraction of sp³-hybridized carbons (Fsp3) is 0.100. The van der Waals surface area contributed by atoms with Crippen molar-refractivity contribution in [1.82, 2.24) is 0 Å². The van der Waals surface area contributed by atoms with Gasteiger partial charge in [-0.15, -0.1) is 0 Å². The summed E-state index contributed by atoms with van der Waals surface area (Å²) in [5.74, 6) is 0.600. The molecule has 0 fully saturated rings. The SMILES string of the molecule is Fc1ccc(CNc2cccc(OCc3ccccc3)c2)cc1. The molecule has 3 aromatic rings. The first-order chi connectivity index (χ1) is 11.3. The van der Waals surface area contributed by atoms with Crippen LogP contribution in [0.3, 0.4) is 0 Å². The highest BCUT2D eigenvalue weighted by molar-refractivity contribution is 5.48. The third-order valence-electron chi connectivity index (χ3n) is 3.49. The normalized spacial score (nSPS) is 10.3. The lowest BCUT2D eigenvalue weighted by Crippen LogP contribution is -2.00. The molecule has 0 unspecified atom stereocenters. The Labute approximate surface area is 135 Å². The van der Waals surface area contributed by atoms with Gasteiger partial charge in [0.25, 0.3) is 0 Å². The lowest BCUT2D eigenvalue weighted by Gasteiger charge is -2.10. The largest absolute Gasteiger partial charge is 0.489 e. The molecular weight excluding hydrogens is 289 g/mol. The van der Waals surface area contributed by atoms with E-state index in [4.69, 9.17) is 4.74 Å². The summed E-state index contributed by atoms with van der Waals surface area (Å²) in [7, 11) is 0. The molecule has 3 heteroatoms. The van der Waals surface area contributed by atoms with E-state index >= 15 is 0 Å². The highest BCUT2D eigenvalue weighted by atomic mass is 19.1. The molecule has 0 aromatic heterocycles. The molecule has 3 aromatic carbocycles. The van der Waals surface area contributed by atoms with Gasteiger partial charge in [0.15, 0.2) is 0 Å². The second-order valence-corrected chi connectivity index (χ2v) is 5.28. The first kappa shape index (κ1) is 15.1. The zero-order valence-electron chi connectivity index (χ0n) is 12.7. The first-order valence-corrected chi connectivity index (χ1v) is 7.55. The van der Waals surface area contributed by atoms with Crippen molar-refractivity contribution < 1.29 is 9.13 Å². The number of ether oxygens (including phenoxy) is 1. The van der Waals surface area contributed by atoms with Gasteiger partial charge in [-0.3, -0.25) is 0 Å². The Morgan fingerprint density at radius 2 is 1.57 bits per heavy atom. The van der Waals surface area contributed by atoms with E-state index < -0.39 is 0 Å². The maximum Gasteiger partial charge on any atom is 0.123 e. The smallest absolute Gasteiger partial charge is 0.123 e. The fourth-order valence-corrected chi connectivity index (χ4v) is 2.24. The summed E-state index contributed by atoms with van der Waals surface area (Å²) < 4.78 is 18.7. The van der Waals surface area contributed by atoms with Crippen LogP contribution >= 0.6 is 0 Å². The van der Waals surface area contributed by atoms with Crippen LogP contribution in [0.25, 0.3) is 0 Å². The average molecular weight is 307 g/mol. The van der Waals surface area contributed by atoms with Crippen molar-refractivity contribution in [1.29, 1.82) is 0 Å². The Morgan fingerprint density at radius 3 is 2.35 bits per heavy atom. The fourth-order valence-electron chi connectivity index (χ4n) is 2.24. The van der Waals surface area contributed by atoms with Crippen LogP contribution < -0.4 is 10.1 Å². The van der Waals surface area contributed by atoms with E-state index in [1.165, 1.54) is 12.1 Å². The Kier molecular flexibility index (Phi) is 4.89. The molecule has 0 saturated carbocycles. The summed E-state index contributed by atoms with van der Waals surface area (Å²) in [4.78, 5) is 0. The second-order valence-electron chi connectivity index (χ2n) is 5.28. The van der Waals surface area contributed by atoms with Crippen LogP contribution in [0.15, 0.2) is 78.9 Å². The number of nitrogens with one attached hydrogen (secondary N) is 1. The lowest BCUT2D eigenvalue weighted by molar-refractivity contribution is 0.306. The van der Waals surface area contributed by atoms with Crippen LogP contribution in [0.1, 0.15) is 11.1 Å². The molecular formula is C20H18FNO. The van der Waals surface area contributed by atoms with Crippen molar-refractivity contribution in [2.24, 2.45) is 0 Å². The van der Waals surface area contributed by atoms with Crippen molar-refractivity contribution >= 4 is 5.69 Å². The maximum absolute atomic E-state index is 12.9. The summed E-state index contributed by atoms with van der Waals surface area (Å²) >= 11 is 0. The highest BCUT2D eigenvalue weighted by Crippen LogP contribution is 2.19. The molecule has 0 bridgehead atoms. The molecule has 0 aliphatic heterocycles. The molecule has 0 saturated heterocycles. The van der Waals surface area contributed by atoms with Crippen molar-refractivity contribution in [3.8, 4) is 5.75 Å². The summed E-state index contributed by atoms with van der Waals surface area (Å²) in [5.41, 5.74) is 3.14. The lowest BCUT2D eigenvalue weighted by atomic mass is 10.2. The van der Waals surface area contributed by atoms with Gasteiger partial charge in [-0.1, -0.05) is 48.5 Å². The van der Waals surface area contributed by atoms with E-state index in [0.29, 0.717) is 13.2 Å². The molecule has 0 heterocycles. The monoisotopic (exact) mass is 307 g/mol. The molecule has 0 atom stereocenters. The van der Waals surface area contributed by atoms with E-state index in [0.717, 1.165) is 22.6 Å². The molecule has 0 amide bonds. The minimum absolute atomic E-state index is 0.218. The minimum Gasteiger partial charge on any atom is -0.489 e. The zero-order valence-corrected chi connectivity index (χ0v) is 12.7. The number of rotatable bonds is 6. The Balaban J connectivity index is 1.57. The predicted octanol–water partition coefficient (Wildman–Crippen LogP) is 5.02. The number of benzene rings is 3. The standard InChI is InChI=1S/C20H18FNO/c21-18-11-9-16(10-12-18)14-22-19-7-4-8-20(13-19)23-15-17-5-2-1-3-6-17/h1-13,22H,14-15H2. The molecule has 2 nitrogen and oxygen atoms in total. The molecule has 0 spiro atoms. The third-order valence-corrected chi connectivity index (χ3v) is 3.49. The average Bonchev–Trinajstić information content (AvgIpc) is 2.61. The third kappa shape index (κ3) is 4.58. The number of halogens is 1. The van der Waals surface area contributed by atoms with Gasteiger partial charge >= 0.3 is 0 Å². The van der Waals surface area contributed by atoms with E-state index in [-0.39, 0.29) is 5.82 Å². The summed E-state index contributed by atoms with van der Waals surface area (Å²) in [6.07, 6.45) is 0. The Morgan fingerprint density at radius 1 is 0.783 bits per heavy atom. The van der Waals surface area contributed by atoms with Crippen LogP contribution in [0, 0.1) is 5.82 Å². The summed E-state index contributed by atoms with van der Waals surface area (Å²) in [6, 6.07) is 24.4. The quantitative estimate of drug-likeness (QED) is 0.690. The van der Waals surface area contributed by atoms with Crippen LogP contribution in [0.5, 0.6) is 5.75 Å². The van der Waals surface area contributed by atoms with Gasteiger partial charge in [-0.05, 0) is 35.4 Å². The molecule has 116 valence electrons. The van der Waals surface area contributed by atoms with E-state index in [9.17, 15) is 4.39 Å². The van der Waals surface area contributed by atoms with Gasteiger partial charge in [0.2, 0.25) is 0 Å². The van der Waals surface area contributed by atoms with E-state index in [1.54, 1.807) is 12.1 Å². The van der Waals surface area contributed by atoms with Crippen molar-refractivity contribution in [2.75, 3.05) is 5.32 Å². The van der Waals surface area contributed by atoms with Crippen molar-refractivity contribution in [3.05, 3.63) is 95.8 Å². The number of hydrogen-bond acceptors (Lipinski definition) is 2. The molecule has 0 aliphatic carbocycles. The van der Waals surface area contributed by atoms with Gasteiger partial charge in [0.05, 0.1) is 0 Å². The topological polar surface area (TPSA) is 21.3 Å². The molecule has 23 heavy (non-hydrogen) atoms. The van der Waals surface area contributed by atoms with E-state index in [2.05, 4.69) is 5.32 Å². The van der Waals surface area contributed by atoms with Gasteiger partial charge in [-0.2, -0.15) is 0 Å². The van der Waals surface area contributed by atoms with Crippen molar-refractivity contribution in [3.63, 3.8) is 0 Å². The maximum atomic E-state index is 12.9. The van der Waals surface area contributed by atoms with Gasteiger partial charge < -0.3 is 10.1 Å². The van der Waals surface area contributed by atoms with Crippen LogP contribution in [-0.2, 0) is 13.2 Å². The predicted molar refractivity (Wildman–Crippen MR) is 90.9 cm³/mol. The zero-order chi connectivity index (χ0) is 15.9. The van der Waals surface area contributed by atoms with E-state index in [1.807, 2.05) is 54.6 Å². The minimum atomic E-state index is -0.218. The van der Waals surface area contributed by atoms with Gasteiger partial charge in [0, 0.05) is 18.3 Å². The van der Waals surface area contributed by atoms with Crippen LogP contribution in [0.4, 0.5) is 10.1 Å². The summed E-state index contributed by atoms with van der Waals surface area (Å²) in [5, 5.41) is 3.32. The van der Waals surface area contributed by atoms with Gasteiger partial charge in [-0.25, -0.2) is 4.39 Å². The molecule has 0 aliphatic rings. The first-order valence-electron chi connectivity index (χ1n) is 7.55.